The van der Waals surface area contributed by atoms with Gasteiger partial charge in [0.25, 0.3) is 5.91 Å². The molecule has 1 fully saturated rings. The first-order chi connectivity index (χ1) is 15.1. The fraction of sp³-hybridized carbons (Fsp3) is 0.391. The zero-order valence-corrected chi connectivity index (χ0v) is 19.1. The number of nitrogens with zero attached hydrogens (tertiary/aromatic N) is 1. The van der Waals surface area contributed by atoms with Crippen molar-refractivity contribution in [1.29, 1.82) is 0 Å². The van der Waals surface area contributed by atoms with Crippen LogP contribution in [0.15, 0.2) is 54.3 Å². The third-order valence-electron chi connectivity index (χ3n) is 4.95. The Labute approximate surface area is 191 Å². The molecule has 2 aliphatic rings. The number of nitrogens with one attached hydrogen (secondary N) is 1. The van der Waals surface area contributed by atoms with Gasteiger partial charge in [-0.25, -0.2) is 4.79 Å². The molecule has 1 N–H and O–H groups in total. The second-order valence-electron chi connectivity index (χ2n) is 8.43. The lowest BCUT2D eigenvalue weighted by molar-refractivity contribution is -0.173. The van der Waals surface area contributed by atoms with Gasteiger partial charge in [-0.05, 0) is 31.9 Å². The SMILES string of the molecule is C=CC1=C(C(=O)OCOC(=O)C(C)(C)C)N2C(=O)[C@@H](NC(=O)Cc3ccccc3)[C@H]2SC1. The summed E-state index contributed by atoms with van der Waals surface area (Å²) in [7, 11) is 0. The van der Waals surface area contributed by atoms with Gasteiger partial charge in [-0.2, -0.15) is 0 Å². The largest absolute Gasteiger partial charge is 0.427 e. The van der Waals surface area contributed by atoms with E-state index in [0.717, 1.165) is 5.56 Å². The summed E-state index contributed by atoms with van der Waals surface area (Å²) in [5.41, 5.74) is 0.714. The standard InChI is InChI=1S/C23H26N2O6S/c1-5-15-12-32-20-17(24-16(26)11-14-9-7-6-8-10-14)19(27)25(20)18(15)21(28)30-13-31-22(29)23(2,3)4/h5-10,17,20H,1,11-13H2,2-4H3,(H,24,26)/t17-,20-/m1/s1. The smallest absolute Gasteiger partial charge is 0.358 e. The van der Waals surface area contributed by atoms with E-state index in [-0.39, 0.29) is 18.0 Å². The molecule has 0 unspecified atom stereocenters. The highest BCUT2D eigenvalue weighted by Crippen LogP contribution is 2.40. The van der Waals surface area contributed by atoms with E-state index in [9.17, 15) is 19.2 Å². The fourth-order valence-corrected chi connectivity index (χ4v) is 4.56. The van der Waals surface area contributed by atoms with Gasteiger partial charge in [0.2, 0.25) is 12.7 Å². The van der Waals surface area contributed by atoms with Gasteiger partial charge >= 0.3 is 11.9 Å². The molecule has 32 heavy (non-hydrogen) atoms. The Kier molecular flexibility index (Phi) is 7.08. The number of carbonyl (C=O) groups is 4. The summed E-state index contributed by atoms with van der Waals surface area (Å²) >= 11 is 1.43. The summed E-state index contributed by atoms with van der Waals surface area (Å²) < 4.78 is 10.1. The normalized spacial score (nSPS) is 20.1. The number of thioether (sulfide) groups is 1. The summed E-state index contributed by atoms with van der Waals surface area (Å²) in [4.78, 5) is 51.1. The van der Waals surface area contributed by atoms with Gasteiger partial charge in [-0.3, -0.25) is 19.3 Å². The molecule has 3 rings (SSSR count). The van der Waals surface area contributed by atoms with Gasteiger partial charge < -0.3 is 14.8 Å². The zero-order chi connectivity index (χ0) is 23.5. The minimum atomic E-state index is -0.783. The van der Waals surface area contributed by atoms with Crippen LogP contribution in [-0.2, 0) is 35.1 Å². The number of carbonyl (C=O) groups excluding carboxylic acids is 4. The lowest BCUT2D eigenvalue weighted by atomic mass is 9.98. The minimum Gasteiger partial charge on any atom is -0.427 e. The number of β-lactam (4-membered cyclic amide) rings is 1. The maximum absolute atomic E-state index is 12.8. The first-order valence-electron chi connectivity index (χ1n) is 10.1. The third-order valence-corrected chi connectivity index (χ3v) is 6.26. The number of hydrogen-bond donors (Lipinski definition) is 1. The zero-order valence-electron chi connectivity index (χ0n) is 18.3. The molecule has 0 bridgehead atoms. The van der Waals surface area contributed by atoms with Crippen LogP contribution in [0, 0.1) is 5.41 Å². The molecule has 1 aromatic rings. The summed E-state index contributed by atoms with van der Waals surface area (Å²) in [6.45, 7) is 8.20. The Morgan fingerprint density at radius 2 is 1.91 bits per heavy atom. The molecule has 170 valence electrons. The Hall–Kier alpha value is -3.07. The second-order valence-corrected chi connectivity index (χ2v) is 9.53. The van der Waals surface area contributed by atoms with Crippen molar-refractivity contribution in [3.8, 4) is 0 Å². The Bertz CT molecular complexity index is 966. The van der Waals surface area contributed by atoms with Gasteiger partial charge in [-0.15, -0.1) is 11.8 Å². The molecule has 0 radical (unpaired) electrons. The van der Waals surface area contributed by atoms with Crippen LogP contribution in [0.3, 0.4) is 0 Å². The molecular formula is C23H26N2O6S. The van der Waals surface area contributed by atoms with Gasteiger partial charge in [0.05, 0.1) is 11.8 Å². The summed E-state index contributed by atoms with van der Waals surface area (Å²) in [5.74, 6) is -1.54. The number of ether oxygens (including phenoxy) is 2. The monoisotopic (exact) mass is 458 g/mol. The van der Waals surface area contributed by atoms with Gasteiger partial charge in [0.15, 0.2) is 0 Å². The third kappa shape index (κ3) is 5.04. The van der Waals surface area contributed by atoms with Crippen LogP contribution in [0.2, 0.25) is 0 Å². The fourth-order valence-electron chi connectivity index (χ4n) is 3.22. The van der Waals surface area contributed by atoms with E-state index in [1.165, 1.54) is 22.7 Å². The number of esters is 2. The second kappa shape index (κ2) is 9.60. The van der Waals surface area contributed by atoms with Crippen LogP contribution in [0.4, 0.5) is 0 Å². The van der Waals surface area contributed by atoms with E-state index in [2.05, 4.69) is 11.9 Å². The van der Waals surface area contributed by atoms with Crippen LogP contribution in [0.25, 0.3) is 0 Å². The Morgan fingerprint density at radius 3 is 2.53 bits per heavy atom. The number of benzene rings is 1. The van der Waals surface area contributed by atoms with Crippen molar-refractivity contribution < 1.29 is 28.7 Å². The molecule has 2 aliphatic heterocycles. The lowest BCUT2D eigenvalue weighted by Gasteiger charge is -2.49. The minimum absolute atomic E-state index is 0.0640. The van der Waals surface area contributed by atoms with E-state index in [1.807, 2.05) is 30.3 Å². The predicted octanol–water partition coefficient (Wildman–Crippen LogP) is 2.16. The van der Waals surface area contributed by atoms with Crippen molar-refractivity contribution >= 4 is 35.5 Å². The first-order valence-corrected chi connectivity index (χ1v) is 11.2. The van der Waals surface area contributed by atoms with Crippen molar-refractivity contribution in [3.05, 3.63) is 59.8 Å². The first kappa shape index (κ1) is 23.6. The number of amides is 2. The molecule has 2 atom stereocenters. The molecule has 1 saturated heterocycles. The average molecular weight is 459 g/mol. The molecule has 1 aromatic carbocycles. The molecule has 0 spiro atoms. The highest BCUT2D eigenvalue weighted by atomic mass is 32.2. The molecule has 9 heteroatoms. The molecule has 2 amide bonds. The number of hydrogen-bond acceptors (Lipinski definition) is 7. The van der Waals surface area contributed by atoms with Crippen LogP contribution in [-0.4, -0.2) is 52.6 Å². The van der Waals surface area contributed by atoms with Crippen molar-refractivity contribution in [3.63, 3.8) is 0 Å². The Balaban J connectivity index is 1.63. The lowest BCUT2D eigenvalue weighted by Crippen LogP contribution is -2.70. The van der Waals surface area contributed by atoms with Crippen LogP contribution in [0.1, 0.15) is 26.3 Å². The van der Waals surface area contributed by atoms with Crippen LogP contribution >= 0.6 is 11.8 Å². The van der Waals surface area contributed by atoms with Crippen molar-refractivity contribution in [2.75, 3.05) is 12.5 Å². The molecule has 0 aromatic heterocycles. The van der Waals surface area contributed by atoms with Gasteiger partial charge in [0, 0.05) is 5.75 Å². The summed E-state index contributed by atoms with van der Waals surface area (Å²) in [6, 6.07) is 8.49. The van der Waals surface area contributed by atoms with Crippen molar-refractivity contribution in [2.45, 2.75) is 38.6 Å². The van der Waals surface area contributed by atoms with Crippen LogP contribution in [0.5, 0.6) is 0 Å². The number of fused-ring (bicyclic) bond motifs is 1. The Morgan fingerprint density at radius 1 is 1.22 bits per heavy atom. The summed E-state index contributed by atoms with van der Waals surface area (Å²) in [5, 5.41) is 2.33. The van der Waals surface area contributed by atoms with E-state index in [1.54, 1.807) is 20.8 Å². The number of rotatable bonds is 7. The predicted molar refractivity (Wildman–Crippen MR) is 119 cm³/mol. The maximum atomic E-state index is 12.8. The molecular weight excluding hydrogens is 432 g/mol. The highest BCUT2D eigenvalue weighted by molar-refractivity contribution is 8.00. The van der Waals surface area contributed by atoms with E-state index >= 15 is 0 Å². The van der Waals surface area contributed by atoms with Crippen molar-refractivity contribution in [1.82, 2.24) is 10.2 Å². The van der Waals surface area contributed by atoms with E-state index < -0.39 is 41.5 Å². The van der Waals surface area contributed by atoms with E-state index in [4.69, 9.17) is 9.47 Å². The maximum Gasteiger partial charge on any atom is 0.358 e. The van der Waals surface area contributed by atoms with E-state index in [0.29, 0.717) is 11.3 Å². The van der Waals surface area contributed by atoms with Crippen molar-refractivity contribution in [2.24, 2.45) is 5.41 Å². The molecule has 0 aliphatic carbocycles. The topological polar surface area (TPSA) is 102 Å². The van der Waals surface area contributed by atoms with Gasteiger partial charge in [-0.1, -0.05) is 43.0 Å². The summed E-state index contributed by atoms with van der Waals surface area (Å²) in [6.07, 6.45) is 1.65. The average Bonchev–Trinajstić information content (AvgIpc) is 2.76. The van der Waals surface area contributed by atoms with Crippen LogP contribution < -0.4 is 5.32 Å². The quantitative estimate of drug-likeness (QED) is 0.379. The number of allylic oxidation sites excluding steroid dienone is 1. The highest BCUT2D eigenvalue weighted by Gasteiger charge is 2.54. The van der Waals surface area contributed by atoms with Gasteiger partial charge in [0.1, 0.15) is 17.1 Å². The molecule has 0 saturated carbocycles. The molecule has 8 nitrogen and oxygen atoms in total. The molecule has 2 heterocycles.